The highest BCUT2D eigenvalue weighted by atomic mass is 16.1. The van der Waals surface area contributed by atoms with Gasteiger partial charge < -0.3 is 11.1 Å². The van der Waals surface area contributed by atoms with Crippen LogP contribution < -0.4 is 11.1 Å². The summed E-state index contributed by atoms with van der Waals surface area (Å²) in [7, 11) is 0. The van der Waals surface area contributed by atoms with Crippen LogP contribution in [0.5, 0.6) is 0 Å². The van der Waals surface area contributed by atoms with Crippen LogP contribution in [0.1, 0.15) is 18.5 Å². The van der Waals surface area contributed by atoms with Crippen molar-refractivity contribution in [3.8, 4) is 0 Å². The van der Waals surface area contributed by atoms with Crippen LogP contribution in [-0.4, -0.2) is 5.91 Å². The number of carbonyl (C=O) groups excluding carboxylic acids is 1. The fraction of sp³-hybridized carbons (Fsp3) is 0.182. The van der Waals surface area contributed by atoms with Gasteiger partial charge in [-0.3, -0.25) is 4.79 Å². The van der Waals surface area contributed by atoms with Gasteiger partial charge >= 0.3 is 0 Å². The van der Waals surface area contributed by atoms with Crippen LogP contribution in [0, 0.1) is 0 Å². The second kappa shape index (κ2) is 4.46. The van der Waals surface area contributed by atoms with E-state index in [1.54, 1.807) is 12.1 Å². The molecule has 0 radical (unpaired) electrons. The molecule has 1 aromatic carbocycles. The van der Waals surface area contributed by atoms with Crippen LogP contribution in [0.2, 0.25) is 0 Å². The monoisotopic (exact) mass is 190 g/mol. The minimum absolute atomic E-state index is 0.0989. The van der Waals surface area contributed by atoms with Gasteiger partial charge in [0.05, 0.1) is 6.04 Å². The summed E-state index contributed by atoms with van der Waals surface area (Å²) in [5, 5.41) is 2.75. The summed E-state index contributed by atoms with van der Waals surface area (Å²) in [4.78, 5) is 10.9. The molecule has 1 rings (SSSR count). The highest BCUT2D eigenvalue weighted by Crippen LogP contribution is 2.20. The Morgan fingerprint density at radius 3 is 2.71 bits per heavy atom. The first-order chi connectivity index (χ1) is 6.65. The minimum atomic E-state index is -0.214. The Balaban J connectivity index is 2.94. The summed E-state index contributed by atoms with van der Waals surface area (Å²) in [6.45, 7) is 5.13. The van der Waals surface area contributed by atoms with Gasteiger partial charge in [0.1, 0.15) is 0 Å². The van der Waals surface area contributed by atoms with E-state index >= 15 is 0 Å². The molecular weight excluding hydrogens is 176 g/mol. The summed E-state index contributed by atoms with van der Waals surface area (Å²) in [6, 6.07) is 7.19. The van der Waals surface area contributed by atoms with Gasteiger partial charge in [-0.05, 0) is 6.07 Å². The second-order valence-electron chi connectivity index (χ2n) is 3.04. The average Bonchev–Trinajstić information content (AvgIpc) is 2.15. The number of hydrogen-bond donors (Lipinski definition) is 2. The van der Waals surface area contributed by atoms with Crippen molar-refractivity contribution in [2.75, 3.05) is 5.73 Å². The zero-order valence-corrected chi connectivity index (χ0v) is 8.16. The van der Waals surface area contributed by atoms with E-state index in [2.05, 4.69) is 11.9 Å². The zero-order chi connectivity index (χ0) is 10.6. The van der Waals surface area contributed by atoms with Crippen LogP contribution in [0.25, 0.3) is 0 Å². The van der Waals surface area contributed by atoms with Gasteiger partial charge in [0.15, 0.2) is 0 Å². The van der Waals surface area contributed by atoms with E-state index in [0.717, 1.165) is 5.56 Å². The van der Waals surface area contributed by atoms with E-state index in [1.165, 1.54) is 6.92 Å². The fourth-order valence-corrected chi connectivity index (χ4v) is 1.28. The largest absolute Gasteiger partial charge is 0.398 e. The molecule has 0 saturated heterocycles. The lowest BCUT2D eigenvalue weighted by Gasteiger charge is -2.15. The van der Waals surface area contributed by atoms with Crippen LogP contribution >= 0.6 is 0 Å². The Bertz CT molecular complexity index is 347. The molecule has 3 nitrogen and oxygen atoms in total. The third-order valence-electron chi connectivity index (χ3n) is 1.93. The summed E-state index contributed by atoms with van der Waals surface area (Å²) >= 11 is 0. The molecule has 0 aliphatic heterocycles. The number of nitrogens with one attached hydrogen (secondary N) is 1. The molecule has 1 unspecified atom stereocenters. The Kier molecular flexibility index (Phi) is 3.29. The molecule has 0 bridgehead atoms. The van der Waals surface area contributed by atoms with Gasteiger partial charge in [-0.1, -0.05) is 24.3 Å². The fourth-order valence-electron chi connectivity index (χ4n) is 1.28. The molecule has 1 aromatic rings. The number of anilines is 1. The van der Waals surface area contributed by atoms with E-state index in [-0.39, 0.29) is 11.9 Å². The van der Waals surface area contributed by atoms with Gasteiger partial charge in [-0.2, -0.15) is 0 Å². The Morgan fingerprint density at radius 2 is 2.21 bits per heavy atom. The summed E-state index contributed by atoms with van der Waals surface area (Å²) in [5.74, 6) is -0.0989. The highest BCUT2D eigenvalue weighted by Gasteiger charge is 2.10. The Hall–Kier alpha value is -1.77. The predicted molar refractivity (Wildman–Crippen MR) is 57.6 cm³/mol. The topological polar surface area (TPSA) is 55.1 Å². The molecule has 3 heteroatoms. The number of amides is 1. The molecule has 0 saturated carbocycles. The van der Waals surface area contributed by atoms with Gasteiger partial charge in [-0.15, -0.1) is 6.58 Å². The first-order valence-corrected chi connectivity index (χ1v) is 4.39. The van der Waals surface area contributed by atoms with Crippen molar-refractivity contribution in [2.24, 2.45) is 0 Å². The van der Waals surface area contributed by atoms with Crippen LogP contribution in [0.3, 0.4) is 0 Å². The lowest BCUT2D eigenvalue weighted by Crippen LogP contribution is -2.25. The van der Waals surface area contributed by atoms with Crippen molar-refractivity contribution in [1.29, 1.82) is 0 Å². The number of para-hydroxylation sites is 1. The maximum absolute atomic E-state index is 10.9. The summed E-state index contributed by atoms with van der Waals surface area (Å²) in [5.41, 5.74) is 7.31. The lowest BCUT2D eigenvalue weighted by molar-refractivity contribution is -0.119. The first-order valence-electron chi connectivity index (χ1n) is 4.39. The van der Waals surface area contributed by atoms with Crippen molar-refractivity contribution in [1.82, 2.24) is 5.32 Å². The zero-order valence-electron chi connectivity index (χ0n) is 8.16. The van der Waals surface area contributed by atoms with E-state index in [9.17, 15) is 4.79 Å². The molecule has 1 amide bonds. The van der Waals surface area contributed by atoms with Crippen LogP contribution in [0.4, 0.5) is 5.69 Å². The smallest absolute Gasteiger partial charge is 0.217 e. The molecule has 0 aromatic heterocycles. The molecular formula is C11H14N2O. The van der Waals surface area contributed by atoms with E-state index in [1.807, 2.05) is 18.2 Å². The molecule has 1 atom stereocenters. The van der Waals surface area contributed by atoms with E-state index < -0.39 is 0 Å². The third kappa shape index (κ3) is 2.36. The van der Waals surface area contributed by atoms with E-state index in [0.29, 0.717) is 5.69 Å². The number of hydrogen-bond acceptors (Lipinski definition) is 2. The third-order valence-corrected chi connectivity index (χ3v) is 1.93. The van der Waals surface area contributed by atoms with Crippen molar-refractivity contribution in [3.05, 3.63) is 42.5 Å². The maximum atomic E-state index is 10.9. The Morgan fingerprint density at radius 1 is 1.57 bits per heavy atom. The second-order valence-corrected chi connectivity index (χ2v) is 3.04. The average molecular weight is 190 g/mol. The van der Waals surface area contributed by atoms with Gasteiger partial charge in [0, 0.05) is 18.2 Å². The van der Waals surface area contributed by atoms with Gasteiger partial charge in [0.2, 0.25) is 5.91 Å². The molecule has 0 aliphatic carbocycles. The summed E-state index contributed by atoms with van der Waals surface area (Å²) < 4.78 is 0. The molecule has 14 heavy (non-hydrogen) atoms. The predicted octanol–water partition coefficient (Wildman–Crippen LogP) is 1.63. The molecule has 0 heterocycles. The van der Waals surface area contributed by atoms with Crippen LogP contribution in [0.15, 0.2) is 36.9 Å². The normalized spacial score (nSPS) is 11.8. The number of benzene rings is 1. The molecule has 3 N–H and O–H groups in total. The minimum Gasteiger partial charge on any atom is -0.398 e. The lowest BCUT2D eigenvalue weighted by atomic mass is 10.1. The van der Waals surface area contributed by atoms with E-state index in [4.69, 9.17) is 5.73 Å². The number of nitrogens with two attached hydrogens (primary N) is 1. The van der Waals surface area contributed by atoms with Gasteiger partial charge in [0.25, 0.3) is 0 Å². The highest BCUT2D eigenvalue weighted by molar-refractivity contribution is 5.74. The molecule has 0 spiro atoms. The maximum Gasteiger partial charge on any atom is 0.217 e. The SMILES string of the molecule is C=CC(NC(C)=O)c1ccccc1N. The van der Waals surface area contributed by atoms with Crippen molar-refractivity contribution in [3.63, 3.8) is 0 Å². The first kappa shape index (κ1) is 10.3. The molecule has 0 fully saturated rings. The van der Waals surface area contributed by atoms with Crippen molar-refractivity contribution >= 4 is 11.6 Å². The number of nitrogen functional groups attached to an aromatic ring is 1. The van der Waals surface area contributed by atoms with Crippen molar-refractivity contribution < 1.29 is 4.79 Å². The number of carbonyl (C=O) groups is 1. The van der Waals surface area contributed by atoms with Crippen LogP contribution in [-0.2, 0) is 4.79 Å². The molecule has 0 aliphatic rings. The van der Waals surface area contributed by atoms with Crippen molar-refractivity contribution in [2.45, 2.75) is 13.0 Å². The Labute approximate surface area is 83.6 Å². The molecule has 74 valence electrons. The number of rotatable bonds is 3. The quantitative estimate of drug-likeness (QED) is 0.562. The standard InChI is InChI=1S/C11H14N2O/c1-3-11(13-8(2)14)9-6-4-5-7-10(9)12/h3-7,11H,1,12H2,2H3,(H,13,14). The summed E-state index contributed by atoms with van der Waals surface area (Å²) in [6.07, 6.45) is 1.66. The van der Waals surface area contributed by atoms with Gasteiger partial charge in [-0.25, -0.2) is 0 Å².